The van der Waals surface area contributed by atoms with E-state index in [-0.39, 0.29) is 16.3 Å². The molecule has 0 fully saturated rings. The standard InChI is InChI=1S/C13H15ClN4OS/c1-3-18-8-7-16-13(18)20-9(2)12(19)17-10-5-4-6-15-11(10)14/h4-9H,3H2,1-2H3,(H,17,19)/t9-/m1/s1. The van der Waals surface area contributed by atoms with Crippen molar-refractivity contribution < 1.29 is 4.79 Å². The Morgan fingerprint density at radius 3 is 3.00 bits per heavy atom. The summed E-state index contributed by atoms with van der Waals surface area (Å²) in [7, 11) is 0. The summed E-state index contributed by atoms with van der Waals surface area (Å²) in [5.74, 6) is -0.129. The zero-order chi connectivity index (χ0) is 14.5. The van der Waals surface area contributed by atoms with Crippen LogP contribution < -0.4 is 5.32 Å². The number of carbonyl (C=O) groups is 1. The Balaban J connectivity index is 2.01. The monoisotopic (exact) mass is 310 g/mol. The second kappa shape index (κ2) is 6.76. The maximum absolute atomic E-state index is 12.1. The lowest BCUT2D eigenvalue weighted by Crippen LogP contribution is -2.23. The maximum atomic E-state index is 12.1. The molecule has 1 N–H and O–H groups in total. The first-order valence-electron chi connectivity index (χ1n) is 6.21. The van der Waals surface area contributed by atoms with Gasteiger partial charge in [0.1, 0.15) is 0 Å². The van der Waals surface area contributed by atoms with Gasteiger partial charge >= 0.3 is 0 Å². The van der Waals surface area contributed by atoms with E-state index in [4.69, 9.17) is 11.6 Å². The van der Waals surface area contributed by atoms with Crippen LogP contribution in [0.2, 0.25) is 5.15 Å². The Morgan fingerprint density at radius 1 is 1.50 bits per heavy atom. The molecule has 0 saturated carbocycles. The van der Waals surface area contributed by atoms with Gasteiger partial charge < -0.3 is 9.88 Å². The molecule has 1 atom stereocenters. The first-order valence-corrected chi connectivity index (χ1v) is 7.46. The third-order valence-corrected chi connectivity index (χ3v) is 4.11. The van der Waals surface area contributed by atoms with Gasteiger partial charge in [0, 0.05) is 25.1 Å². The summed E-state index contributed by atoms with van der Waals surface area (Å²) < 4.78 is 1.99. The average molecular weight is 311 g/mol. The van der Waals surface area contributed by atoms with Gasteiger partial charge in [-0.25, -0.2) is 9.97 Å². The zero-order valence-electron chi connectivity index (χ0n) is 11.2. The summed E-state index contributed by atoms with van der Waals surface area (Å²) in [5, 5.41) is 3.60. The van der Waals surface area contributed by atoms with Crippen LogP contribution in [0.1, 0.15) is 13.8 Å². The van der Waals surface area contributed by atoms with Crippen LogP contribution in [0.25, 0.3) is 0 Å². The van der Waals surface area contributed by atoms with E-state index in [9.17, 15) is 4.79 Å². The molecule has 2 aromatic rings. The molecule has 0 saturated heterocycles. The average Bonchev–Trinajstić information content (AvgIpc) is 2.88. The van der Waals surface area contributed by atoms with Crippen LogP contribution in [0.4, 0.5) is 5.69 Å². The second-order valence-electron chi connectivity index (χ2n) is 4.09. The molecule has 0 aliphatic rings. The van der Waals surface area contributed by atoms with E-state index in [0.29, 0.717) is 5.69 Å². The minimum absolute atomic E-state index is 0.129. The van der Waals surface area contributed by atoms with Gasteiger partial charge in [-0.05, 0) is 26.0 Å². The number of anilines is 1. The number of halogens is 1. The molecular formula is C13H15ClN4OS. The molecule has 0 aromatic carbocycles. The van der Waals surface area contributed by atoms with E-state index in [0.717, 1.165) is 11.7 Å². The van der Waals surface area contributed by atoms with Gasteiger partial charge in [-0.1, -0.05) is 23.4 Å². The highest BCUT2D eigenvalue weighted by atomic mass is 35.5. The predicted molar refractivity (Wildman–Crippen MR) is 81.1 cm³/mol. The van der Waals surface area contributed by atoms with Crippen molar-refractivity contribution in [2.24, 2.45) is 0 Å². The zero-order valence-corrected chi connectivity index (χ0v) is 12.8. The number of aromatic nitrogens is 3. The first-order chi connectivity index (χ1) is 9.61. The smallest absolute Gasteiger partial charge is 0.237 e. The van der Waals surface area contributed by atoms with Gasteiger partial charge in [0.25, 0.3) is 0 Å². The van der Waals surface area contributed by atoms with E-state index in [2.05, 4.69) is 15.3 Å². The molecule has 1 amide bonds. The molecule has 5 nitrogen and oxygen atoms in total. The highest BCUT2D eigenvalue weighted by Gasteiger charge is 2.18. The third-order valence-electron chi connectivity index (χ3n) is 2.69. The molecule has 2 aromatic heterocycles. The fourth-order valence-corrected chi connectivity index (χ4v) is 2.68. The Kier molecular flexibility index (Phi) is 5.03. The number of nitrogens with one attached hydrogen (secondary N) is 1. The van der Waals surface area contributed by atoms with Crippen molar-refractivity contribution in [2.75, 3.05) is 5.32 Å². The minimum Gasteiger partial charge on any atom is -0.326 e. The van der Waals surface area contributed by atoms with Crippen LogP contribution in [-0.4, -0.2) is 25.7 Å². The Labute approximate surface area is 126 Å². The number of thioether (sulfide) groups is 1. The van der Waals surface area contributed by atoms with Gasteiger partial charge in [0.05, 0.1) is 10.9 Å². The molecule has 0 spiro atoms. The van der Waals surface area contributed by atoms with Crippen LogP contribution in [0, 0.1) is 0 Å². The number of carbonyl (C=O) groups excluding carboxylic acids is 1. The van der Waals surface area contributed by atoms with Crippen molar-refractivity contribution >= 4 is 35.0 Å². The molecule has 7 heteroatoms. The lowest BCUT2D eigenvalue weighted by atomic mass is 10.4. The van der Waals surface area contributed by atoms with Crippen molar-refractivity contribution in [3.8, 4) is 0 Å². The highest BCUT2D eigenvalue weighted by molar-refractivity contribution is 8.00. The maximum Gasteiger partial charge on any atom is 0.237 e. The van der Waals surface area contributed by atoms with Crippen molar-refractivity contribution in [1.82, 2.24) is 14.5 Å². The Hall–Kier alpha value is -1.53. The molecule has 0 aliphatic heterocycles. The van der Waals surface area contributed by atoms with E-state index < -0.39 is 0 Å². The van der Waals surface area contributed by atoms with Gasteiger partial charge in [0.15, 0.2) is 10.3 Å². The largest absolute Gasteiger partial charge is 0.326 e. The van der Waals surface area contributed by atoms with Gasteiger partial charge in [-0.2, -0.15) is 0 Å². The van der Waals surface area contributed by atoms with Gasteiger partial charge in [0.2, 0.25) is 5.91 Å². The Bertz CT molecular complexity index is 602. The number of rotatable bonds is 5. The van der Waals surface area contributed by atoms with E-state index in [1.165, 1.54) is 11.8 Å². The Morgan fingerprint density at radius 2 is 2.30 bits per heavy atom. The number of imidazole rings is 1. The number of hydrogen-bond donors (Lipinski definition) is 1. The fourth-order valence-electron chi connectivity index (χ4n) is 1.58. The number of nitrogens with zero attached hydrogens (tertiary/aromatic N) is 3. The number of hydrogen-bond acceptors (Lipinski definition) is 4. The van der Waals surface area contributed by atoms with Gasteiger partial charge in [-0.15, -0.1) is 0 Å². The van der Waals surface area contributed by atoms with E-state index >= 15 is 0 Å². The van der Waals surface area contributed by atoms with Crippen LogP contribution in [0.5, 0.6) is 0 Å². The number of amides is 1. The van der Waals surface area contributed by atoms with Crippen molar-refractivity contribution in [2.45, 2.75) is 30.8 Å². The summed E-state index contributed by atoms with van der Waals surface area (Å²) in [6.07, 6.45) is 5.20. The first kappa shape index (κ1) is 14.9. The summed E-state index contributed by atoms with van der Waals surface area (Å²) in [4.78, 5) is 20.3. The van der Waals surface area contributed by atoms with Crippen LogP contribution >= 0.6 is 23.4 Å². The van der Waals surface area contributed by atoms with Crippen LogP contribution in [-0.2, 0) is 11.3 Å². The molecular weight excluding hydrogens is 296 g/mol. The van der Waals surface area contributed by atoms with E-state index in [1.807, 2.05) is 24.6 Å². The third kappa shape index (κ3) is 3.52. The predicted octanol–water partition coefficient (Wildman–Crippen LogP) is 3.07. The van der Waals surface area contributed by atoms with Crippen molar-refractivity contribution in [3.63, 3.8) is 0 Å². The second-order valence-corrected chi connectivity index (χ2v) is 5.75. The lowest BCUT2D eigenvalue weighted by molar-refractivity contribution is -0.115. The molecule has 2 rings (SSSR count). The van der Waals surface area contributed by atoms with Crippen molar-refractivity contribution in [1.29, 1.82) is 0 Å². The van der Waals surface area contributed by atoms with Gasteiger partial charge in [-0.3, -0.25) is 4.79 Å². The quantitative estimate of drug-likeness (QED) is 0.681. The molecule has 0 unspecified atom stereocenters. The van der Waals surface area contributed by atoms with E-state index in [1.54, 1.807) is 24.5 Å². The summed E-state index contributed by atoms with van der Waals surface area (Å²) in [6.45, 7) is 4.69. The normalized spacial score (nSPS) is 12.2. The summed E-state index contributed by atoms with van der Waals surface area (Å²) in [5.41, 5.74) is 0.519. The van der Waals surface area contributed by atoms with Crippen LogP contribution in [0.3, 0.4) is 0 Å². The van der Waals surface area contributed by atoms with Crippen molar-refractivity contribution in [3.05, 3.63) is 35.9 Å². The van der Waals surface area contributed by atoms with Crippen LogP contribution in [0.15, 0.2) is 35.9 Å². The highest BCUT2D eigenvalue weighted by Crippen LogP contribution is 2.24. The molecule has 0 radical (unpaired) electrons. The number of pyridine rings is 1. The summed E-state index contributed by atoms with van der Waals surface area (Å²) >= 11 is 7.33. The SMILES string of the molecule is CCn1ccnc1S[C@H](C)C(=O)Nc1cccnc1Cl. The fraction of sp³-hybridized carbons (Fsp3) is 0.308. The summed E-state index contributed by atoms with van der Waals surface area (Å²) in [6, 6.07) is 3.45. The molecule has 20 heavy (non-hydrogen) atoms. The molecule has 0 aliphatic carbocycles. The lowest BCUT2D eigenvalue weighted by Gasteiger charge is -2.12. The molecule has 2 heterocycles. The topological polar surface area (TPSA) is 59.8 Å². The number of aryl methyl sites for hydroxylation is 1. The minimum atomic E-state index is -0.279. The molecule has 0 bridgehead atoms. The molecule has 106 valence electrons.